The average Bonchev–Trinajstić information content (AvgIpc) is 2.99. The first kappa shape index (κ1) is 10.5. The molecule has 1 aromatic carbocycles. The second kappa shape index (κ2) is 3.83. The molecule has 0 spiro atoms. The van der Waals surface area contributed by atoms with Gasteiger partial charge in [-0.05, 0) is 30.5 Å². The van der Waals surface area contributed by atoms with Crippen molar-refractivity contribution >= 4 is 17.5 Å². The average molecular weight is 225 g/mol. The molecule has 80 valence electrons. The van der Waals surface area contributed by atoms with Crippen molar-refractivity contribution < 1.29 is 4.79 Å². The Bertz CT molecular complexity index is 388. The molecule has 3 nitrogen and oxygen atoms in total. The van der Waals surface area contributed by atoms with E-state index in [2.05, 4.69) is 5.32 Å². The fourth-order valence-electron chi connectivity index (χ4n) is 1.71. The van der Waals surface area contributed by atoms with E-state index >= 15 is 0 Å². The van der Waals surface area contributed by atoms with Crippen LogP contribution in [0.4, 0.5) is 0 Å². The highest BCUT2D eigenvalue weighted by atomic mass is 35.5. The number of hydrogen-bond acceptors (Lipinski definition) is 2. The number of hydrogen-bond donors (Lipinski definition) is 2. The molecular formula is C11H13ClN2O. The number of amides is 1. The SMILES string of the molecule is NCC(=O)NC1(c2cccc(Cl)c2)CC1. The smallest absolute Gasteiger partial charge is 0.234 e. The predicted molar refractivity (Wildman–Crippen MR) is 59.6 cm³/mol. The molecule has 1 fully saturated rings. The Labute approximate surface area is 93.6 Å². The maximum atomic E-state index is 11.3. The van der Waals surface area contributed by atoms with Crippen LogP contribution < -0.4 is 11.1 Å². The van der Waals surface area contributed by atoms with Crippen molar-refractivity contribution in [3.05, 3.63) is 34.9 Å². The third-order valence-corrected chi connectivity index (χ3v) is 2.93. The largest absolute Gasteiger partial charge is 0.345 e. The monoisotopic (exact) mass is 224 g/mol. The van der Waals surface area contributed by atoms with Crippen molar-refractivity contribution in [2.75, 3.05) is 6.54 Å². The zero-order valence-electron chi connectivity index (χ0n) is 8.29. The van der Waals surface area contributed by atoms with Crippen LogP contribution in [0.15, 0.2) is 24.3 Å². The molecule has 0 bridgehead atoms. The summed E-state index contributed by atoms with van der Waals surface area (Å²) in [5.74, 6) is -0.118. The lowest BCUT2D eigenvalue weighted by Gasteiger charge is -2.17. The van der Waals surface area contributed by atoms with Crippen LogP contribution >= 0.6 is 11.6 Å². The lowest BCUT2D eigenvalue weighted by atomic mass is 10.1. The van der Waals surface area contributed by atoms with Gasteiger partial charge in [-0.1, -0.05) is 23.7 Å². The van der Waals surface area contributed by atoms with Crippen molar-refractivity contribution in [1.29, 1.82) is 0 Å². The van der Waals surface area contributed by atoms with Gasteiger partial charge in [-0.2, -0.15) is 0 Å². The molecule has 2 rings (SSSR count). The summed E-state index contributed by atoms with van der Waals surface area (Å²) in [7, 11) is 0. The van der Waals surface area contributed by atoms with Crippen LogP contribution in [0.2, 0.25) is 5.02 Å². The highest BCUT2D eigenvalue weighted by Crippen LogP contribution is 2.45. The van der Waals surface area contributed by atoms with Gasteiger partial charge in [0.25, 0.3) is 0 Å². The van der Waals surface area contributed by atoms with Gasteiger partial charge in [0.15, 0.2) is 0 Å². The Kier molecular flexibility index (Phi) is 2.67. The van der Waals surface area contributed by atoms with E-state index < -0.39 is 0 Å². The zero-order chi connectivity index (χ0) is 10.9. The molecule has 0 aromatic heterocycles. The van der Waals surface area contributed by atoms with Gasteiger partial charge in [-0.3, -0.25) is 4.79 Å². The maximum Gasteiger partial charge on any atom is 0.234 e. The highest BCUT2D eigenvalue weighted by Gasteiger charge is 2.45. The first-order valence-electron chi connectivity index (χ1n) is 4.93. The predicted octanol–water partition coefficient (Wildman–Crippen LogP) is 1.40. The van der Waals surface area contributed by atoms with Crippen LogP contribution in [0.3, 0.4) is 0 Å². The van der Waals surface area contributed by atoms with Gasteiger partial charge in [0, 0.05) is 5.02 Å². The van der Waals surface area contributed by atoms with Crippen LogP contribution in [-0.4, -0.2) is 12.5 Å². The Morgan fingerprint density at radius 3 is 2.80 bits per heavy atom. The van der Waals surface area contributed by atoms with Crippen molar-refractivity contribution in [2.24, 2.45) is 5.73 Å². The molecule has 1 amide bonds. The summed E-state index contributed by atoms with van der Waals surface area (Å²) in [6.07, 6.45) is 1.91. The van der Waals surface area contributed by atoms with E-state index in [0.29, 0.717) is 5.02 Å². The second-order valence-corrected chi connectivity index (χ2v) is 4.28. The first-order chi connectivity index (χ1) is 7.16. The van der Waals surface area contributed by atoms with E-state index in [1.165, 1.54) is 0 Å². The Hall–Kier alpha value is -1.06. The Morgan fingerprint density at radius 1 is 1.53 bits per heavy atom. The number of benzene rings is 1. The quantitative estimate of drug-likeness (QED) is 0.816. The molecule has 0 unspecified atom stereocenters. The fraction of sp³-hybridized carbons (Fsp3) is 0.364. The summed E-state index contributed by atoms with van der Waals surface area (Å²) in [6, 6.07) is 7.60. The van der Waals surface area contributed by atoms with Gasteiger partial charge in [0.05, 0.1) is 12.1 Å². The number of carbonyl (C=O) groups excluding carboxylic acids is 1. The number of nitrogens with two attached hydrogens (primary N) is 1. The summed E-state index contributed by atoms with van der Waals surface area (Å²) >= 11 is 5.91. The molecule has 3 N–H and O–H groups in total. The summed E-state index contributed by atoms with van der Waals surface area (Å²) < 4.78 is 0. The van der Waals surface area contributed by atoms with E-state index in [-0.39, 0.29) is 18.0 Å². The lowest BCUT2D eigenvalue weighted by molar-refractivity contribution is -0.120. The number of nitrogens with one attached hydrogen (secondary N) is 1. The van der Waals surface area contributed by atoms with E-state index in [4.69, 9.17) is 17.3 Å². The van der Waals surface area contributed by atoms with Crippen LogP contribution in [0.1, 0.15) is 18.4 Å². The molecular weight excluding hydrogens is 212 g/mol. The molecule has 0 heterocycles. The molecule has 1 aliphatic rings. The molecule has 0 aliphatic heterocycles. The third kappa shape index (κ3) is 2.13. The van der Waals surface area contributed by atoms with E-state index in [9.17, 15) is 4.79 Å². The number of rotatable bonds is 3. The van der Waals surface area contributed by atoms with Gasteiger partial charge in [-0.25, -0.2) is 0 Å². The molecule has 0 saturated heterocycles. The van der Waals surface area contributed by atoms with Gasteiger partial charge in [0.1, 0.15) is 0 Å². The molecule has 1 aliphatic carbocycles. The molecule has 15 heavy (non-hydrogen) atoms. The minimum atomic E-state index is -0.207. The second-order valence-electron chi connectivity index (χ2n) is 3.84. The van der Waals surface area contributed by atoms with Gasteiger partial charge < -0.3 is 11.1 Å². The zero-order valence-corrected chi connectivity index (χ0v) is 9.05. The summed E-state index contributed by atoms with van der Waals surface area (Å²) in [5, 5.41) is 3.63. The fourth-order valence-corrected chi connectivity index (χ4v) is 1.91. The normalized spacial score (nSPS) is 17.2. The number of halogens is 1. The van der Waals surface area contributed by atoms with Crippen molar-refractivity contribution in [2.45, 2.75) is 18.4 Å². The molecule has 4 heteroatoms. The summed E-state index contributed by atoms with van der Waals surface area (Å²) in [6.45, 7) is 0.0301. The van der Waals surface area contributed by atoms with Crippen LogP contribution in [0.25, 0.3) is 0 Å². The topological polar surface area (TPSA) is 55.1 Å². The van der Waals surface area contributed by atoms with Gasteiger partial charge >= 0.3 is 0 Å². The molecule has 1 aromatic rings. The van der Waals surface area contributed by atoms with Crippen molar-refractivity contribution in [1.82, 2.24) is 5.32 Å². The first-order valence-corrected chi connectivity index (χ1v) is 5.31. The van der Waals surface area contributed by atoms with Gasteiger partial charge in [0.2, 0.25) is 5.91 Å². The lowest BCUT2D eigenvalue weighted by Crippen LogP contribution is -2.38. The molecule has 1 saturated carbocycles. The van der Waals surface area contributed by atoms with Crippen LogP contribution in [0, 0.1) is 0 Å². The van der Waals surface area contributed by atoms with E-state index in [1.807, 2.05) is 24.3 Å². The standard InChI is InChI=1S/C11H13ClN2O/c12-9-3-1-2-8(6-9)11(4-5-11)14-10(15)7-13/h1-3,6H,4-5,7,13H2,(H,14,15). The molecule has 0 radical (unpaired) electrons. The van der Waals surface area contributed by atoms with E-state index in [1.54, 1.807) is 0 Å². The Balaban J connectivity index is 2.19. The summed E-state index contributed by atoms with van der Waals surface area (Å²) in [5.41, 5.74) is 6.14. The highest BCUT2D eigenvalue weighted by molar-refractivity contribution is 6.30. The third-order valence-electron chi connectivity index (χ3n) is 2.69. The Morgan fingerprint density at radius 2 is 2.27 bits per heavy atom. The summed E-state index contributed by atoms with van der Waals surface area (Å²) in [4.78, 5) is 11.3. The van der Waals surface area contributed by atoms with Crippen LogP contribution in [-0.2, 0) is 10.3 Å². The minimum absolute atomic E-state index is 0.0301. The molecule has 0 atom stereocenters. The minimum Gasteiger partial charge on any atom is -0.345 e. The van der Waals surface area contributed by atoms with Gasteiger partial charge in [-0.15, -0.1) is 0 Å². The van der Waals surface area contributed by atoms with Crippen LogP contribution in [0.5, 0.6) is 0 Å². The van der Waals surface area contributed by atoms with Crippen molar-refractivity contribution in [3.63, 3.8) is 0 Å². The number of carbonyl (C=O) groups is 1. The van der Waals surface area contributed by atoms with Crippen molar-refractivity contribution in [3.8, 4) is 0 Å². The maximum absolute atomic E-state index is 11.3. The van der Waals surface area contributed by atoms with E-state index in [0.717, 1.165) is 18.4 Å².